The van der Waals surface area contributed by atoms with Crippen LogP contribution in [-0.4, -0.2) is 30.3 Å². The molecule has 0 bridgehead atoms. The van der Waals surface area contributed by atoms with Crippen molar-refractivity contribution in [3.63, 3.8) is 0 Å². The van der Waals surface area contributed by atoms with Gasteiger partial charge in [0.05, 0.1) is 6.10 Å². The average molecular weight is 279 g/mol. The summed E-state index contributed by atoms with van der Waals surface area (Å²) in [5.74, 6) is 0.852. The molecule has 20 heavy (non-hydrogen) atoms. The number of nitrogens with one attached hydrogen (secondary N) is 1. The maximum Gasteiger partial charge on any atom is 0.257 e. The van der Waals surface area contributed by atoms with E-state index >= 15 is 0 Å². The van der Waals surface area contributed by atoms with E-state index in [1.807, 2.05) is 39.0 Å². The zero-order valence-electron chi connectivity index (χ0n) is 12.8. The van der Waals surface area contributed by atoms with Gasteiger partial charge < -0.3 is 15.2 Å². The van der Waals surface area contributed by atoms with Gasteiger partial charge in [-0.25, -0.2) is 0 Å². The highest BCUT2D eigenvalue weighted by Gasteiger charge is 2.09. The van der Waals surface area contributed by atoms with Crippen molar-refractivity contribution in [2.45, 2.75) is 40.2 Å². The Bertz CT molecular complexity index is 443. The average Bonchev–Trinajstić information content (AvgIpc) is 2.34. The lowest BCUT2D eigenvalue weighted by Gasteiger charge is -2.15. The van der Waals surface area contributed by atoms with E-state index in [1.165, 1.54) is 5.56 Å². The smallest absolute Gasteiger partial charge is 0.257 e. The van der Waals surface area contributed by atoms with Crippen LogP contribution < -0.4 is 10.1 Å². The molecule has 2 N–H and O–H groups in total. The van der Waals surface area contributed by atoms with E-state index in [0.717, 1.165) is 11.3 Å². The van der Waals surface area contributed by atoms with Crippen LogP contribution in [0.1, 0.15) is 31.4 Å². The van der Waals surface area contributed by atoms with Crippen LogP contribution in [0, 0.1) is 19.8 Å². The van der Waals surface area contributed by atoms with Crippen LogP contribution in [0.4, 0.5) is 0 Å². The molecule has 0 aliphatic rings. The molecule has 0 saturated carbocycles. The van der Waals surface area contributed by atoms with Crippen molar-refractivity contribution in [1.29, 1.82) is 0 Å². The second-order valence-corrected chi connectivity index (χ2v) is 5.55. The summed E-state index contributed by atoms with van der Waals surface area (Å²) in [6, 6.07) is 5.87. The number of aliphatic hydroxyl groups excluding tert-OH is 1. The molecule has 0 aromatic heterocycles. The van der Waals surface area contributed by atoms with Crippen LogP contribution in [0.2, 0.25) is 0 Å². The fourth-order valence-corrected chi connectivity index (χ4v) is 2.11. The van der Waals surface area contributed by atoms with Crippen molar-refractivity contribution in [3.8, 4) is 5.75 Å². The van der Waals surface area contributed by atoms with Crippen LogP contribution >= 0.6 is 0 Å². The quantitative estimate of drug-likeness (QED) is 0.804. The number of carbonyl (C=O) groups is 1. The summed E-state index contributed by atoms with van der Waals surface area (Å²) in [6.07, 6.45) is 0.339. The Hall–Kier alpha value is -1.55. The van der Waals surface area contributed by atoms with Gasteiger partial charge in [0.1, 0.15) is 5.75 Å². The highest BCUT2D eigenvalue weighted by molar-refractivity contribution is 5.77. The number of aryl methyl sites for hydroxylation is 2. The van der Waals surface area contributed by atoms with Gasteiger partial charge in [-0.15, -0.1) is 0 Å². The number of hydrogen-bond acceptors (Lipinski definition) is 3. The molecular formula is C16H25NO3. The largest absolute Gasteiger partial charge is 0.484 e. The molecule has 1 rings (SSSR count). The predicted molar refractivity (Wildman–Crippen MR) is 79.9 cm³/mol. The first kappa shape index (κ1) is 16.5. The lowest BCUT2D eigenvalue weighted by molar-refractivity contribution is -0.123. The number of carbonyl (C=O) groups excluding carboxylic acids is 1. The molecular weight excluding hydrogens is 254 g/mol. The van der Waals surface area contributed by atoms with Crippen LogP contribution in [0.3, 0.4) is 0 Å². The Balaban J connectivity index is 2.33. The SMILES string of the molecule is Cc1ccc(OCC(=O)NCC(C)CC(C)O)c(C)c1. The highest BCUT2D eigenvalue weighted by atomic mass is 16.5. The maximum absolute atomic E-state index is 11.7. The summed E-state index contributed by atoms with van der Waals surface area (Å²) < 4.78 is 5.51. The van der Waals surface area contributed by atoms with Crippen molar-refractivity contribution in [3.05, 3.63) is 29.3 Å². The van der Waals surface area contributed by atoms with Crippen molar-refractivity contribution in [2.75, 3.05) is 13.2 Å². The summed E-state index contributed by atoms with van der Waals surface area (Å²) >= 11 is 0. The molecule has 0 fully saturated rings. The lowest BCUT2D eigenvalue weighted by atomic mass is 10.1. The van der Waals surface area contributed by atoms with Crippen LogP contribution in [0.25, 0.3) is 0 Å². The van der Waals surface area contributed by atoms with E-state index in [9.17, 15) is 9.90 Å². The van der Waals surface area contributed by atoms with Gasteiger partial charge in [0.2, 0.25) is 0 Å². The molecule has 0 aliphatic carbocycles. The summed E-state index contributed by atoms with van der Waals surface area (Å²) in [5, 5.41) is 12.1. The van der Waals surface area contributed by atoms with Crippen molar-refractivity contribution < 1.29 is 14.6 Å². The van der Waals surface area contributed by atoms with E-state index in [2.05, 4.69) is 5.32 Å². The molecule has 1 aromatic rings. The topological polar surface area (TPSA) is 58.6 Å². The molecule has 1 amide bonds. The zero-order chi connectivity index (χ0) is 15.1. The molecule has 2 unspecified atom stereocenters. The van der Waals surface area contributed by atoms with Crippen LogP contribution in [-0.2, 0) is 4.79 Å². The minimum atomic E-state index is -0.339. The van der Waals surface area contributed by atoms with Crippen LogP contribution in [0.5, 0.6) is 5.75 Å². The molecule has 0 saturated heterocycles. The fourth-order valence-electron chi connectivity index (χ4n) is 2.11. The molecule has 1 aromatic carbocycles. The van der Waals surface area contributed by atoms with Gasteiger partial charge in [-0.2, -0.15) is 0 Å². The first-order valence-corrected chi connectivity index (χ1v) is 7.03. The first-order valence-electron chi connectivity index (χ1n) is 7.03. The molecule has 0 aliphatic heterocycles. The first-order chi connectivity index (χ1) is 9.38. The van der Waals surface area contributed by atoms with Crippen molar-refractivity contribution >= 4 is 5.91 Å². The fraction of sp³-hybridized carbons (Fsp3) is 0.562. The third-order valence-corrected chi connectivity index (χ3v) is 3.08. The zero-order valence-corrected chi connectivity index (χ0v) is 12.8. The number of hydrogen-bond donors (Lipinski definition) is 2. The summed E-state index contributed by atoms with van der Waals surface area (Å²) in [6.45, 7) is 8.31. The molecule has 4 nitrogen and oxygen atoms in total. The number of rotatable bonds is 7. The van der Waals surface area contributed by atoms with Gasteiger partial charge in [-0.3, -0.25) is 4.79 Å². The van der Waals surface area contributed by atoms with Crippen molar-refractivity contribution in [1.82, 2.24) is 5.32 Å². The van der Waals surface area contributed by atoms with Gasteiger partial charge in [0.25, 0.3) is 5.91 Å². The Labute approximate surface area is 121 Å². The molecule has 0 spiro atoms. The summed E-state index contributed by atoms with van der Waals surface area (Å²) in [7, 11) is 0. The molecule has 2 atom stereocenters. The minimum Gasteiger partial charge on any atom is -0.484 e. The second-order valence-electron chi connectivity index (χ2n) is 5.55. The Morgan fingerprint density at radius 1 is 1.35 bits per heavy atom. The number of ether oxygens (including phenoxy) is 1. The number of aliphatic hydroxyl groups is 1. The van der Waals surface area contributed by atoms with Gasteiger partial charge in [-0.1, -0.05) is 24.6 Å². The Morgan fingerprint density at radius 2 is 2.05 bits per heavy atom. The number of benzene rings is 1. The Morgan fingerprint density at radius 3 is 2.65 bits per heavy atom. The third-order valence-electron chi connectivity index (χ3n) is 3.08. The molecule has 0 heterocycles. The molecule has 112 valence electrons. The van der Waals surface area contributed by atoms with E-state index < -0.39 is 0 Å². The van der Waals surface area contributed by atoms with Gasteiger partial charge >= 0.3 is 0 Å². The Kier molecular flexibility index (Phi) is 6.52. The normalized spacial score (nSPS) is 13.7. The van der Waals surface area contributed by atoms with Gasteiger partial charge in [0, 0.05) is 6.54 Å². The molecule has 4 heteroatoms. The summed E-state index contributed by atoms with van der Waals surface area (Å²) in [5.41, 5.74) is 2.20. The highest BCUT2D eigenvalue weighted by Crippen LogP contribution is 2.18. The summed E-state index contributed by atoms with van der Waals surface area (Å²) in [4.78, 5) is 11.7. The van der Waals surface area contributed by atoms with E-state index in [-0.39, 0.29) is 24.5 Å². The van der Waals surface area contributed by atoms with E-state index in [1.54, 1.807) is 6.92 Å². The van der Waals surface area contributed by atoms with Gasteiger partial charge in [-0.05, 0) is 44.7 Å². The van der Waals surface area contributed by atoms with Crippen molar-refractivity contribution in [2.24, 2.45) is 5.92 Å². The van der Waals surface area contributed by atoms with E-state index in [0.29, 0.717) is 13.0 Å². The minimum absolute atomic E-state index is 0.0191. The predicted octanol–water partition coefficient (Wildman–Crippen LogP) is 2.21. The van der Waals surface area contributed by atoms with E-state index in [4.69, 9.17) is 4.74 Å². The standard InChI is InChI=1S/C16H25NO3/c1-11-5-6-15(13(3)7-11)20-10-16(19)17-9-12(2)8-14(4)18/h5-7,12,14,18H,8-10H2,1-4H3,(H,17,19). The second kappa shape index (κ2) is 7.90. The monoisotopic (exact) mass is 279 g/mol. The number of amides is 1. The van der Waals surface area contributed by atoms with Gasteiger partial charge in [0.15, 0.2) is 6.61 Å². The van der Waals surface area contributed by atoms with Crippen LogP contribution in [0.15, 0.2) is 18.2 Å². The maximum atomic E-state index is 11.7. The lowest BCUT2D eigenvalue weighted by Crippen LogP contribution is -2.33. The molecule has 0 radical (unpaired) electrons. The third kappa shape index (κ3) is 6.06.